The number of ether oxygens (including phenoxy) is 1. The summed E-state index contributed by atoms with van der Waals surface area (Å²) < 4.78 is 5.48. The number of phenolic OH excluding ortho intramolecular Hbond substituents is 1. The van der Waals surface area contributed by atoms with Crippen LogP contribution in [0.25, 0.3) is 0 Å². The van der Waals surface area contributed by atoms with E-state index in [2.05, 4.69) is 0 Å². The van der Waals surface area contributed by atoms with Gasteiger partial charge in [-0.3, -0.25) is 4.79 Å². The van der Waals surface area contributed by atoms with Gasteiger partial charge in [0.1, 0.15) is 17.8 Å². The third-order valence-electron chi connectivity index (χ3n) is 4.78. The van der Waals surface area contributed by atoms with Crippen molar-refractivity contribution in [3.63, 3.8) is 0 Å². The third kappa shape index (κ3) is 4.69. The molecule has 0 atom stereocenters. The molecular formula is C21H22O4. The number of hydrogen-bond donors (Lipinski definition) is 1. The minimum absolute atomic E-state index is 0.100. The lowest BCUT2D eigenvalue weighted by Crippen LogP contribution is -2.26. The van der Waals surface area contributed by atoms with E-state index in [9.17, 15) is 14.7 Å². The van der Waals surface area contributed by atoms with Crippen molar-refractivity contribution in [2.75, 3.05) is 0 Å². The number of aromatic hydroxyl groups is 1. The lowest BCUT2D eigenvalue weighted by atomic mass is 9.83. The lowest BCUT2D eigenvalue weighted by molar-refractivity contribution is -0.140. The van der Waals surface area contributed by atoms with Crippen LogP contribution in [0.4, 0.5) is 0 Å². The Hall–Kier alpha value is -2.62. The van der Waals surface area contributed by atoms with Crippen LogP contribution >= 0.6 is 0 Å². The molecule has 1 fully saturated rings. The van der Waals surface area contributed by atoms with E-state index in [1.54, 1.807) is 12.1 Å². The zero-order valence-corrected chi connectivity index (χ0v) is 14.1. The number of esters is 1. The Morgan fingerprint density at radius 2 is 1.52 bits per heavy atom. The van der Waals surface area contributed by atoms with Gasteiger partial charge in [-0.05, 0) is 67.5 Å². The lowest BCUT2D eigenvalue weighted by Gasteiger charge is -2.23. The van der Waals surface area contributed by atoms with E-state index >= 15 is 0 Å². The highest BCUT2D eigenvalue weighted by atomic mass is 16.5. The average molecular weight is 338 g/mol. The second kappa shape index (κ2) is 7.97. The minimum atomic E-state index is -0.198. The molecule has 0 amide bonds. The molecule has 0 heterocycles. The summed E-state index contributed by atoms with van der Waals surface area (Å²) in [7, 11) is 0. The van der Waals surface area contributed by atoms with Crippen molar-refractivity contribution in [2.24, 2.45) is 11.8 Å². The Balaban J connectivity index is 1.54. The molecule has 4 heteroatoms. The summed E-state index contributed by atoms with van der Waals surface area (Å²) in [4.78, 5) is 23.0. The van der Waals surface area contributed by atoms with E-state index in [0.29, 0.717) is 5.75 Å². The summed E-state index contributed by atoms with van der Waals surface area (Å²) in [6.45, 7) is 0. The van der Waals surface area contributed by atoms with Crippen molar-refractivity contribution < 1.29 is 19.4 Å². The number of carbonyl (C=O) groups is 2. The first-order valence-electron chi connectivity index (χ1n) is 8.68. The maximum absolute atomic E-state index is 12.2. The summed E-state index contributed by atoms with van der Waals surface area (Å²) >= 11 is 0. The Bertz CT molecular complexity index is 711. The van der Waals surface area contributed by atoms with Crippen molar-refractivity contribution >= 4 is 12.3 Å². The van der Waals surface area contributed by atoms with Crippen molar-refractivity contribution in [1.82, 2.24) is 0 Å². The summed E-state index contributed by atoms with van der Waals surface area (Å²) in [5.41, 5.74) is 2.21. The Kier molecular flexibility index (Phi) is 5.49. The molecule has 2 aromatic carbocycles. The second-order valence-electron chi connectivity index (χ2n) is 6.66. The number of phenols is 1. The van der Waals surface area contributed by atoms with E-state index in [0.717, 1.165) is 49.5 Å². The first-order chi connectivity index (χ1) is 12.1. The molecule has 0 bridgehead atoms. The minimum Gasteiger partial charge on any atom is -0.508 e. The highest BCUT2D eigenvalue weighted by molar-refractivity contribution is 5.75. The van der Waals surface area contributed by atoms with Gasteiger partial charge in [0.15, 0.2) is 0 Å². The van der Waals surface area contributed by atoms with E-state index < -0.39 is 0 Å². The highest BCUT2D eigenvalue weighted by Gasteiger charge is 2.27. The van der Waals surface area contributed by atoms with Gasteiger partial charge in [-0.2, -0.15) is 0 Å². The molecule has 1 aliphatic rings. The molecule has 0 aromatic heterocycles. The fourth-order valence-electron chi connectivity index (χ4n) is 3.22. The Morgan fingerprint density at radius 3 is 2.08 bits per heavy atom. The highest BCUT2D eigenvalue weighted by Crippen LogP contribution is 2.29. The summed E-state index contributed by atoms with van der Waals surface area (Å²) in [5.74, 6) is 0.608. The first kappa shape index (κ1) is 17.2. The van der Waals surface area contributed by atoms with Crippen molar-refractivity contribution in [2.45, 2.75) is 32.1 Å². The first-order valence-corrected chi connectivity index (χ1v) is 8.68. The van der Waals surface area contributed by atoms with Gasteiger partial charge in [0.2, 0.25) is 0 Å². The molecule has 3 rings (SSSR count). The molecule has 0 saturated heterocycles. The van der Waals surface area contributed by atoms with Gasteiger partial charge in [-0.25, -0.2) is 0 Å². The van der Waals surface area contributed by atoms with Gasteiger partial charge in [0, 0.05) is 5.92 Å². The van der Waals surface area contributed by atoms with E-state index in [4.69, 9.17) is 4.74 Å². The fourth-order valence-corrected chi connectivity index (χ4v) is 3.22. The summed E-state index contributed by atoms with van der Waals surface area (Å²) in [6.07, 6.45) is 4.74. The van der Waals surface area contributed by atoms with Gasteiger partial charge in [-0.1, -0.05) is 24.3 Å². The van der Waals surface area contributed by atoms with Gasteiger partial charge < -0.3 is 14.6 Å². The van der Waals surface area contributed by atoms with Gasteiger partial charge in [-0.15, -0.1) is 0 Å². The maximum Gasteiger partial charge on any atom is 0.314 e. The number of carbonyl (C=O) groups excluding carboxylic acids is 2. The molecule has 1 saturated carbocycles. The topological polar surface area (TPSA) is 63.6 Å². The monoisotopic (exact) mass is 338 g/mol. The predicted molar refractivity (Wildman–Crippen MR) is 94.5 cm³/mol. The smallest absolute Gasteiger partial charge is 0.314 e. The van der Waals surface area contributed by atoms with E-state index in [-0.39, 0.29) is 23.6 Å². The average Bonchev–Trinajstić information content (AvgIpc) is 2.65. The number of rotatable bonds is 5. The largest absolute Gasteiger partial charge is 0.508 e. The molecule has 0 radical (unpaired) electrons. The third-order valence-corrected chi connectivity index (χ3v) is 4.78. The van der Waals surface area contributed by atoms with Crippen LogP contribution in [0.1, 0.15) is 36.8 Å². The second-order valence-corrected chi connectivity index (χ2v) is 6.66. The van der Waals surface area contributed by atoms with Crippen molar-refractivity contribution in [3.05, 3.63) is 59.7 Å². The zero-order valence-electron chi connectivity index (χ0n) is 14.1. The molecule has 0 aliphatic heterocycles. The quantitative estimate of drug-likeness (QED) is 0.510. The normalized spacial score (nSPS) is 20.0. The molecule has 25 heavy (non-hydrogen) atoms. The van der Waals surface area contributed by atoms with Gasteiger partial charge in [0.25, 0.3) is 0 Å². The van der Waals surface area contributed by atoms with Gasteiger partial charge in [0.05, 0.1) is 5.92 Å². The van der Waals surface area contributed by atoms with Crippen LogP contribution in [0.15, 0.2) is 48.5 Å². The van der Waals surface area contributed by atoms with Crippen LogP contribution in [0.2, 0.25) is 0 Å². The Morgan fingerprint density at radius 1 is 0.960 bits per heavy atom. The van der Waals surface area contributed by atoms with Crippen LogP contribution in [0.5, 0.6) is 11.5 Å². The molecule has 1 N–H and O–H groups in total. The van der Waals surface area contributed by atoms with E-state index in [1.165, 1.54) is 0 Å². The predicted octanol–water partition coefficient (Wildman–Crippen LogP) is 3.89. The Labute approximate surface area is 147 Å². The molecule has 0 unspecified atom stereocenters. The summed E-state index contributed by atoms with van der Waals surface area (Å²) in [6, 6.07) is 14.6. The standard InChI is InChI=1S/C21H22O4/c22-14-17-1-7-18(8-2-17)21(24)25-20-11-5-16(6-12-20)13-15-3-9-19(23)10-4-15/h3-6,9-12,14,17-18,23H,1-2,7-8,13H2. The van der Waals surface area contributed by atoms with E-state index in [1.807, 2.05) is 36.4 Å². The van der Waals surface area contributed by atoms with Crippen LogP contribution in [0, 0.1) is 11.8 Å². The van der Waals surface area contributed by atoms with Crippen LogP contribution in [0.3, 0.4) is 0 Å². The maximum atomic E-state index is 12.2. The number of aldehydes is 1. The van der Waals surface area contributed by atoms with Gasteiger partial charge >= 0.3 is 5.97 Å². The summed E-state index contributed by atoms with van der Waals surface area (Å²) in [5, 5.41) is 9.31. The molecule has 130 valence electrons. The molecule has 1 aliphatic carbocycles. The van der Waals surface area contributed by atoms with Crippen LogP contribution in [-0.4, -0.2) is 17.4 Å². The SMILES string of the molecule is O=CC1CCC(C(=O)Oc2ccc(Cc3ccc(O)cc3)cc2)CC1. The molecular weight excluding hydrogens is 316 g/mol. The molecule has 2 aromatic rings. The number of benzene rings is 2. The number of hydrogen-bond acceptors (Lipinski definition) is 4. The van der Waals surface area contributed by atoms with Crippen molar-refractivity contribution in [3.8, 4) is 11.5 Å². The molecule has 0 spiro atoms. The van der Waals surface area contributed by atoms with Crippen LogP contribution in [-0.2, 0) is 16.0 Å². The zero-order chi connectivity index (χ0) is 17.6. The van der Waals surface area contributed by atoms with Crippen molar-refractivity contribution in [1.29, 1.82) is 0 Å². The fraction of sp³-hybridized carbons (Fsp3) is 0.333. The molecule has 4 nitrogen and oxygen atoms in total. The van der Waals surface area contributed by atoms with Crippen LogP contribution < -0.4 is 4.74 Å².